The third kappa shape index (κ3) is 15.5. The van der Waals surface area contributed by atoms with Crippen LogP contribution in [0.5, 0.6) is 0 Å². The molecule has 0 spiro atoms. The molecule has 0 bridgehead atoms. The number of ether oxygens (including phenoxy) is 3. The van der Waals surface area contributed by atoms with Crippen LogP contribution >= 0.6 is 0 Å². The summed E-state index contributed by atoms with van der Waals surface area (Å²) < 4.78 is 16.0. The van der Waals surface area contributed by atoms with Gasteiger partial charge in [-0.25, -0.2) is 0 Å². The molecule has 0 aliphatic carbocycles. The average molecular weight is 440 g/mol. The summed E-state index contributed by atoms with van der Waals surface area (Å²) in [5.74, 6) is -3.28. The number of carboxylic acid groups (broad SMARTS) is 3. The Balaban J connectivity index is 5.11. The van der Waals surface area contributed by atoms with Crippen molar-refractivity contribution in [3.63, 3.8) is 0 Å². The molecule has 0 aliphatic rings. The number of aliphatic hydroxyl groups is 1. The predicted molar refractivity (Wildman–Crippen MR) is 97.8 cm³/mol. The monoisotopic (exact) mass is 440 g/mol. The molecule has 14 heteroatoms. The van der Waals surface area contributed by atoms with Crippen LogP contribution in [-0.2, 0) is 28.6 Å². The zero-order valence-electron chi connectivity index (χ0n) is 16.4. The number of aliphatic hydroxyl groups excluding tert-OH is 1. The smallest absolute Gasteiger partial charge is 0.305 e. The van der Waals surface area contributed by atoms with Crippen molar-refractivity contribution < 1.29 is 53.9 Å². The van der Waals surface area contributed by atoms with Crippen LogP contribution in [0.2, 0.25) is 0 Å². The van der Waals surface area contributed by atoms with E-state index in [1.807, 2.05) is 0 Å². The van der Waals surface area contributed by atoms with E-state index in [2.05, 4.69) is 5.32 Å². The highest BCUT2D eigenvalue weighted by atomic mass is 16.6. The number of nitrogens with one attached hydrogen (secondary N) is 1. The van der Waals surface area contributed by atoms with Crippen LogP contribution in [0.3, 0.4) is 0 Å². The molecular weight excluding hydrogens is 412 g/mol. The van der Waals surface area contributed by atoms with Crippen molar-refractivity contribution in [1.29, 1.82) is 0 Å². The van der Waals surface area contributed by atoms with Gasteiger partial charge in [0.25, 0.3) is 0 Å². The second kappa shape index (κ2) is 15.4. The van der Waals surface area contributed by atoms with Gasteiger partial charge >= 0.3 is 17.9 Å². The lowest BCUT2D eigenvalue weighted by molar-refractivity contribution is -0.490. The standard InChI is InChI=1S/C16H28N2O12/c19-12(8-18(26)27)7-17-16(9-28-4-1-13(20)21,10-29-5-2-14(22)23)11-30-6-3-15(24)25/h12,17,19H,1-11H2,(H,20,21)(H,22,23)(H,24,25). The molecule has 0 rings (SSSR count). The van der Waals surface area contributed by atoms with Crippen LogP contribution in [0.15, 0.2) is 0 Å². The SMILES string of the molecule is O=C(O)CCOCC(COCCC(=O)O)(COCCC(=O)O)NCC(O)C[N+](=O)[O-]. The third-order valence-electron chi connectivity index (χ3n) is 3.59. The summed E-state index contributed by atoms with van der Waals surface area (Å²) in [7, 11) is 0. The van der Waals surface area contributed by atoms with Crippen molar-refractivity contribution in [2.75, 3.05) is 52.7 Å². The average Bonchev–Trinajstić information content (AvgIpc) is 2.63. The van der Waals surface area contributed by atoms with E-state index in [0.29, 0.717) is 0 Å². The highest BCUT2D eigenvalue weighted by Crippen LogP contribution is 2.11. The van der Waals surface area contributed by atoms with Crippen molar-refractivity contribution in [2.45, 2.75) is 30.9 Å². The predicted octanol–water partition coefficient (Wildman–Crippen LogP) is -1.57. The normalized spacial score (nSPS) is 12.4. The molecule has 0 amide bonds. The first-order chi connectivity index (χ1) is 14.1. The van der Waals surface area contributed by atoms with Crippen molar-refractivity contribution in [1.82, 2.24) is 5.32 Å². The number of hydrogen-bond acceptors (Lipinski definition) is 10. The van der Waals surface area contributed by atoms with Crippen molar-refractivity contribution in [3.8, 4) is 0 Å². The third-order valence-corrected chi connectivity index (χ3v) is 3.59. The largest absolute Gasteiger partial charge is 0.481 e. The first-order valence-electron chi connectivity index (χ1n) is 9.00. The molecule has 5 N–H and O–H groups in total. The maximum absolute atomic E-state index is 10.6. The maximum Gasteiger partial charge on any atom is 0.305 e. The lowest BCUT2D eigenvalue weighted by Crippen LogP contribution is -2.58. The summed E-state index contributed by atoms with van der Waals surface area (Å²) in [5.41, 5.74) is -1.24. The number of aliphatic carboxylic acids is 3. The fraction of sp³-hybridized carbons (Fsp3) is 0.812. The molecule has 0 aliphatic heterocycles. The van der Waals surface area contributed by atoms with Crippen LogP contribution in [0.1, 0.15) is 19.3 Å². The molecule has 1 atom stereocenters. The molecule has 14 nitrogen and oxygen atoms in total. The minimum Gasteiger partial charge on any atom is -0.481 e. The van der Waals surface area contributed by atoms with E-state index in [9.17, 15) is 29.6 Å². The Morgan fingerprint density at radius 3 is 1.53 bits per heavy atom. The van der Waals surface area contributed by atoms with Gasteiger partial charge in [-0.3, -0.25) is 24.5 Å². The van der Waals surface area contributed by atoms with Crippen LogP contribution in [0.4, 0.5) is 0 Å². The zero-order chi connectivity index (χ0) is 23.0. The number of rotatable bonds is 20. The van der Waals surface area contributed by atoms with E-state index in [1.165, 1.54) is 0 Å². The van der Waals surface area contributed by atoms with Gasteiger partial charge in [0, 0.05) is 11.5 Å². The number of nitrogens with zero attached hydrogens (tertiary/aromatic N) is 1. The molecule has 0 aromatic carbocycles. The molecule has 0 aromatic heterocycles. The van der Waals surface area contributed by atoms with E-state index in [1.54, 1.807) is 0 Å². The summed E-state index contributed by atoms with van der Waals surface area (Å²) >= 11 is 0. The highest BCUT2D eigenvalue weighted by molar-refractivity contribution is 5.67. The lowest BCUT2D eigenvalue weighted by atomic mass is 10.0. The number of carbonyl (C=O) groups is 3. The van der Waals surface area contributed by atoms with Gasteiger partial charge in [0.15, 0.2) is 0 Å². The van der Waals surface area contributed by atoms with E-state index in [4.69, 9.17) is 29.5 Å². The Morgan fingerprint density at radius 1 is 0.867 bits per heavy atom. The summed E-state index contributed by atoms with van der Waals surface area (Å²) in [4.78, 5) is 41.7. The second-order valence-corrected chi connectivity index (χ2v) is 6.42. The lowest BCUT2D eigenvalue weighted by Gasteiger charge is -2.34. The fourth-order valence-electron chi connectivity index (χ4n) is 2.13. The first-order valence-corrected chi connectivity index (χ1v) is 9.00. The molecular formula is C16H28N2O12. The van der Waals surface area contributed by atoms with Crippen LogP contribution < -0.4 is 5.32 Å². The van der Waals surface area contributed by atoms with E-state index >= 15 is 0 Å². The Morgan fingerprint density at radius 2 is 1.23 bits per heavy atom. The molecule has 1 unspecified atom stereocenters. The van der Waals surface area contributed by atoms with Gasteiger partial charge in [-0.15, -0.1) is 0 Å². The number of β-amino-alcohol motifs (C(OH)–C–C–N with tert-alkyl or cyclic N) is 1. The maximum atomic E-state index is 10.6. The Labute approximate surface area is 171 Å². The minimum atomic E-state index is -1.36. The molecule has 0 radical (unpaired) electrons. The van der Waals surface area contributed by atoms with Gasteiger partial charge in [0.1, 0.15) is 6.10 Å². The molecule has 0 saturated heterocycles. The van der Waals surface area contributed by atoms with Gasteiger partial charge < -0.3 is 40.0 Å². The molecule has 0 heterocycles. The summed E-state index contributed by atoms with van der Waals surface area (Å²) in [6.07, 6.45) is -2.24. The van der Waals surface area contributed by atoms with Gasteiger partial charge in [-0.05, 0) is 0 Å². The van der Waals surface area contributed by atoms with Crippen LogP contribution in [0.25, 0.3) is 0 Å². The molecule has 30 heavy (non-hydrogen) atoms. The van der Waals surface area contributed by atoms with Gasteiger partial charge in [-0.2, -0.15) is 0 Å². The number of nitro groups is 1. The Kier molecular flexibility index (Phi) is 14.2. The summed E-state index contributed by atoms with van der Waals surface area (Å²) in [6.45, 7) is -2.11. The van der Waals surface area contributed by atoms with Gasteiger partial charge in [-0.1, -0.05) is 0 Å². The number of carboxylic acids is 3. The van der Waals surface area contributed by atoms with Gasteiger partial charge in [0.05, 0.1) is 64.4 Å². The molecule has 0 fully saturated rings. The van der Waals surface area contributed by atoms with Crippen LogP contribution in [-0.4, -0.2) is 108 Å². The van der Waals surface area contributed by atoms with Crippen molar-refractivity contribution in [3.05, 3.63) is 10.1 Å². The minimum absolute atomic E-state index is 0.166. The van der Waals surface area contributed by atoms with E-state index in [0.717, 1.165) is 0 Å². The zero-order valence-corrected chi connectivity index (χ0v) is 16.4. The summed E-state index contributed by atoms with van der Waals surface area (Å²) in [6, 6.07) is 0. The Hall–Kier alpha value is -2.39. The van der Waals surface area contributed by atoms with E-state index < -0.39 is 41.0 Å². The number of hydrogen-bond donors (Lipinski definition) is 5. The molecule has 0 saturated carbocycles. The Bertz CT molecular complexity index is 501. The molecule has 0 aromatic rings. The van der Waals surface area contributed by atoms with Crippen LogP contribution in [0, 0.1) is 10.1 Å². The van der Waals surface area contributed by atoms with Gasteiger partial charge in [0.2, 0.25) is 6.54 Å². The first kappa shape index (κ1) is 27.6. The highest BCUT2D eigenvalue weighted by Gasteiger charge is 2.33. The van der Waals surface area contributed by atoms with Crippen molar-refractivity contribution in [2.24, 2.45) is 0 Å². The van der Waals surface area contributed by atoms with E-state index in [-0.39, 0.29) is 65.4 Å². The molecule has 174 valence electrons. The quantitative estimate of drug-likeness (QED) is 0.0822. The topological polar surface area (TPSA) is 215 Å². The summed E-state index contributed by atoms with van der Waals surface area (Å²) in [5, 5.41) is 49.2. The fourth-order valence-corrected chi connectivity index (χ4v) is 2.13. The second-order valence-electron chi connectivity index (χ2n) is 6.42. The van der Waals surface area contributed by atoms with Crippen molar-refractivity contribution >= 4 is 17.9 Å².